The first-order valence-corrected chi connectivity index (χ1v) is 6.34. The highest BCUT2D eigenvalue weighted by atomic mass is 35.5. The average Bonchev–Trinajstić information content (AvgIpc) is 2.64. The van der Waals surface area contributed by atoms with Crippen molar-refractivity contribution in [3.8, 4) is 0 Å². The lowest BCUT2D eigenvalue weighted by Crippen LogP contribution is -2.35. The third-order valence-corrected chi connectivity index (χ3v) is 3.52. The smallest absolute Gasteiger partial charge is 0.220 e. The minimum atomic E-state index is 0. The number of halogens is 2. The van der Waals surface area contributed by atoms with Crippen molar-refractivity contribution in [1.29, 1.82) is 0 Å². The predicted octanol–water partition coefficient (Wildman–Crippen LogP) is 1.42. The highest BCUT2D eigenvalue weighted by molar-refractivity contribution is 5.85. The van der Waals surface area contributed by atoms with Gasteiger partial charge in [0.15, 0.2) is 0 Å². The van der Waals surface area contributed by atoms with Crippen LogP contribution in [0.15, 0.2) is 0 Å². The standard InChI is InChI=1S/C12H25N3O.2ClH/c1-3-15(2)8-7-14-12(16)9-10-5-4-6-11(10)13;;/h10-11H,3-9,13H2,1-2H3,(H,14,16);2*1H/t10-,11+;;/m0../s1. The lowest BCUT2D eigenvalue weighted by Gasteiger charge is -2.16. The second kappa shape index (κ2) is 10.9. The van der Waals surface area contributed by atoms with E-state index in [-0.39, 0.29) is 36.8 Å². The Labute approximate surface area is 123 Å². The molecule has 1 aliphatic carbocycles. The zero-order valence-corrected chi connectivity index (χ0v) is 13.0. The van der Waals surface area contributed by atoms with E-state index in [9.17, 15) is 4.79 Å². The molecule has 6 heteroatoms. The first-order chi connectivity index (χ1) is 7.63. The normalized spacial score (nSPS) is 22.2. The fraction of sp³-hybridized carbons (Fsp3) is 0.917. The van der Waals surface area contributed by atoms with E-state index in [4.69, 9.17) is 5.73 Å². The van der Waals surface area contributed by atoms with Crippen molar-refractivity contribution in [2.75, 3.05) is 26.7 Å². The molecule has 0 aliphatic heterocycles. The van der Waals surface area contributed by atoms with Gasteiger partial charge in [0.25, 0.3) is 0 Å². The van der Waals surface area contributed by atoms with Gasteiger partial charge in [-0.2, -0.15) is 0 Å². The second-order valence-corrected chi connectivity index (χ2v) is 4.80. The Kier molecular flexibility index (Phi) is 12.2. The van der Waals surface area contributed by atoms with E-state index in [0.717, 1.165) is 32.5 Å². The summed E-state index contributed by atoms with van der Waals surface area (Å²) in [6, 6.07) is 0.240. The van der Waals surface area contributed by atoms with E-state index in [1.54, 1.807) is 0 Å². The van der Waals surface area contributed by atoms with Gasteiger partial charge >= 0.3 is 0 Å². The monoisotopic (exact) mass is 299 g/mol. The van der Waals surface area contributed by atoms with E-state index in [1.165, 1.54) is 6.42 Å². The van der Waals surface area contributed by atoms with Gasteiger partial charge in [-0.1, -0.05) is 13.3 Å². The van der Waals surface area contributed by atoms with Crippen LogP contribution in [0.1, 0.15) is 32.6 Å². The Hall–Kier alpha value is -0.0300. The molecule has 0 heterocycles. The van der Waals surface area contributed by atoms with Gasteiger partial charge in [-0.05, 0) is 32.4 Å². The van der Waals surface area contributed by atoms with Crippen LogP contribution in [0.4, 0.5) is 0 Å². The molecule has 0 unspecified atom stereocenters. The van der Waals surface area contributed by atoms with Gasteiger partial charge in [-0.25, -0.2) is 0 Å². The summed E-state index contributed by atoms with van der Waals surface area (Å²) in [5, 5.41) is 2.96. The molecule has 0 bridgehead atoms. The summed E-state index contributed by atoms with van der Waals surface area (Å²) in [7, 11) is 2.05. The third-order valence-electron chi connectivity index (χ3n) is 3.52. The zero-order chi connectivity index (χ0) is 12.0. The lowest BCUT2D eigenvalue weighted by atomic mass is 10.00. The van der Waals surface area contributed by atoms with Gasteiger partial charge in [0.2, 0.25) is 5.91 Å². The molecular formula is C12H27Cl2N3O. The Balaban J connectivity index is 0. The number of nitrogens with two attached hydrogens (primary N) is 1. The number of hydrogen-bond acceptors (Lipinski definition) is 3. The first kappa shape index (κ1) is 20.3. The number of carbonyl (C=O) groups excluding carboxylic acids is 1. The largest absolute Gasteiger partial charge is 0.355 e. The molecule has 0 aromatic carbocycles. The van der Waals surface area contributed by atoms with Crippen LogP contribution in [0.5, 0.6) is 0 Å². The molecular weight excluding hydrogens is 273 g/mol. The Morgan fingerprint density at radius 3 is 2.56 bits per heavy atom. The average molecular weight is 300 g/mol. The molecule has 2 atom stereocenters. The number of amides is 1. The topological polar surface area (TPSA) is 58.4 Å². The van der Waals surface area contributed by atoms with E-state index in [1.807, 2.05) is 0 Å². The molecule has 3 N–H and O–H groups in total. The summed E-state index contributed by atoms with van der Waals surface area (Å²) in [6.07, 6.45) is 3.98. The van der Waals surface area contributed by atoms with Gasteiger partial charge in [-0.3, -0.25) is 4.79 Å². The molecule has 18 heavy (non-hydrogen) atoms. The molecule has 0 spiro atoms. The van der Waals surface area contributed by atoms with Crippen LogP contribution in [0.2, 0.25) is 0 Å². The maximum absolute atomic E-state index is 11.6. The van der Waals surface area contributed by atoms with Gasteiger partial charge in [0.1, 0.15) is 0 Å². The molecule has 1 rings (SSSR count). The molecule has 1 amide bonds. The van der Waals surface area contributed by atoms with Crippen molar-refractivity contribution in [2.24, 2.45) is 11.7 Å². The number of nitrogens with one attached hydrogen (secondary N) is 1. The highest BCUT2D eigenvalue weighted by Crippen LogP contribution is 2.26. The van der Waals surface area contributed by atoms with Crippen LogP contribution in [0, 0.1) is 5.92 Å². The van der Waals surface area contributed by atoms with Gasteiger partial charge in [-0.15, -0.1) is 24.8 Å². The predicted molar refractivity (Wildman–Crippen MR) is 80.6 cm³/mol. The number of hydrogen-bond donors (Lipinski definition) is 2. The maximum atomic E-state index is 11.6. The van der Waals surface area contributed by atoms with E-state index in [2.05, 4.69) is 24.2 Å². The van der Waals surface area contributed by atoms with Crippen LogP contribution in [0.25, 0.3) is 0 Å². The number of likely N-dealkylation sites (N-methyl/N-ethyl adjacent to an activating group) is 1. The van der Waals surface area contributed by atoms with Crippen molar-refractivity contribution in [3.63, 3.8) is 0 Å². The maximum Gasteiger partial charge on any atom is 0.220 e. The molecule has 0 aromatic heterocycles. The van der Waals surface area contributed by atoms with E-state index in [0.29, 0.717) is 12.3 Å². The summed E-state index contributed by atoms with van der Waals surface area (Å²) in [5.74, 6) is 0.566. The fourth-order valence-electron chi connectivity index (χ4n) is 2.17. The van der Waals surface area contributed by atoms with Crippen LogP contribution in [-0.4, -0.2) is 43.5 Å². The molecule has 110 valence electrons. The zero-order valence-electron chi connectivity index (χ0n) is 11.4. The summed E-state index contributed by atoms with van der Waals surface area (Å²) < 4.78 is 0. The lowest BCUT2D eigenvalue weighted by molar-refractivity contribution is -0.122. The van der Waals surface area contributed by atoms with Crippen molar-refractivity contribution in [2.45, 2.75) is 38.6 Å². The summed E-state index contributed by atoms with van der Waals surface area (Å²) in [4.78, 5) is 13.8. The Morgan fingerprint density at radius 2 is 2.06 bits per heavy atom. The van der Waals surface area contributed by atoms with Crippen LogP contribution in [-0.2, 0) is 4.79 Å². The third kappa shape index (κ3) is 7.41. The molecule has 0 aromatic rings. The quantitative estimate of drug-likeness (QED) is 0.780. The van der Waals surface area contributed by atoms with Crippen LogP contribution in [0.3, 0.4) is 0 Å². The number of nitrogens with zero attached hydrogens (tertiary/aromatic N) is 1. The highest BCUT2D eigenvalue weighted by Gasteiger charge is 2.25. The van der Waals surface area contributed by atoms with Crippen molar-refractivity contribution in [3.05, 3.63) is 0 Å². The minimum absolute atomic E-state index is 0. The molecule has 1 saturated carbocycles. The fourth-order valence-corrected chi connectivity index (χ4v) is 2.17. The molecule has 4 nitrogen and oxygen atoms in total. The number of rotatable bonds is 6. The van der Waals surface area contributed by atoms with Crippen molar-refractivity contribution >= 4 is 30.7 Å². The van der Waals surface area contributed by atoms with Gasteiger partial charge < -0.3 is 16.0 Å². The summed E-state index contributed by atoms with van der Waals surface area (Å²) >= 11 is 0. The second-order valence-electron chi connectivity index (χ2n) is 4.80. The van der Waals surface area contributed by atoms with Gasteiger partial charge in [0.05, 0.1) is 0 Å². The molecule has 0 saturated heterocycles. The van der Waals surface area contributed by atoms with Gasteiger partial charge in [0, 0.05) is 25.6 Å². The first-order valence-electron chi connectivity index (χ1n) is 6.34. The van der Waals surface area contributed by atoms with Crippen molar-refractivity contribution in [1.82, 2.24) is 10.2 Å². The van der Waals surface area contributed by atoms with E-state index >= 15 is 0 Å². The Morgan fingerprint density at radius 1 is 1.39 bits per heavy atom. The summed E-state index contributed by atoms with van der Waals surface area (Å²) in [5.41, 5.74) is 5.94. The van der Waals surface area contributed by atoms with Crippen LogP contribution >= 0.6 is 24.8 Å². The SMILES string of the molecule is CCN(C)CCNC(=O)C[C@@H]1CCC[C@H]1N.Cl.Cl. The molecule has 1 aliphatic rings. The van der Waals surface area contributed by atoms with E-state index < -0.39 is 0 Å². The molecule has 1 fully saturated rings. The minimum Gasteiger partial charge on any atom is -0.355 e. The summed E-state index contributed by atoms with van der Waals surface area (Å²) in [6.45, 7) is 4.78. The van der Waals surface area contributed by atoms with Crippen molar-refractivity contribution < 1.29 is 4.79 Å². The Bertz CT molecular complexity index is 229. The van der Waals surface area contributed by atoms with Crippen LogP contribution < -0.4 is 11.1 Å². The molecule has 0 radical (unpaired) electrons. The number of carbonyl (C=O) groups is 1.